The molecule has 1 spiro atoms. The monoisotopic (exact) mass is 278 g/mol. The second-order valence-electron chi connectivity index (χ2n) is 7.66. The summed E-state index contributed by atoms with van der Waals surface area (Å²) in [5.74, 6) is 1.02. The summed E-state index contributed by atoms with van der Waals surface area (Å²) in [4.78, 5) is 2.89. The van der Waals surface area contributed by atoms with E-state index in [1.54, 1.807) is 0 Å². The lowest BCUT2D eigenvalue weighted by Crippen LogP contribution is -2.63. The van der Waals surface area contributed by atoms with Crippen molar-refractivity contribution in [1.29, 1.82) is 0 Å². The average molecular weight is 278 g/mol. The van der Waals surface area contributed by atoms with E-state index >= 15 is 0 Å². The third-order valence-electron chi connectivity index (χ3n) is 5.94. The lowest BCUT2D eigenvalue weighted by Gasteiger charge is -2.47. The van der Waals surface area contributed by atoms with Crippen molar-refractivity contribution in [2.45, 2.75) is 89.1 Å². The smallest absolute Gasteiger partial charge is 0.0309 e. The van der Waals surface area contributed by atoms with E-state index in [-0.39, 0.29) is 0 Å². The molecular formula is C18H34N2. The highest BCUT2D eigenvalue weighted by molar-refractivity contribution is 5.03. The molecule has 3 fully saturated rings. The van der Waals surface area contributed by atoms with E-state index in [0.29, 0.717) is 5.54 Å². The van der Waals surface area contributed by atoms with Crippen molar-refractivity contribution in [2.24, 2.45) is 5.92 Å². The van der Waals surface area contributed by atoms with Gasteiger partial charge in [0.1, 0.15) is 0 Å². The van der Waals surface area contributed by atoms with Crippen LogP contribution in [0.2, 0.25) is 0 Å². The molecule has 0 aromatic carbocycles. The van der Waals surface area contributed by atoms with Crippen LogP contribution < -0.4 is 5.32 Å². The molecule has 2 aliphatic carbocycles. The van der Waals surface area contributed by atoms with E-state index in [2.05, 4.69) is 17.1 Å². The van der Waals surface area contributed by atoms with E-state index in [9.17, 15) is 0 Å². The molecule has 2 heteroatoms. The Hall–Kier alpha value is -0.0800. The third kappa shape index (κ3) is 3.57. The highest BCUT2D eigenvalue weighted by Gasteiger charge is 2.45. The van der Waals surface area contributed by atoms with Crippen molar-refractivity contribution in [1.82, 2.24) is 10.2 Å². The van der Waals surface area contributed by atoms with Crippen molar-refractivity contribution in [3.05, 3.63) is 0 Å². The van der Waals surface area contributed by atoms with Gasteiger partial charge in [0.15, 0.2) is 0 Å². The fourth-order valence-electron chi connectivity index (χ4n) is 4.51. The molecule has 0 aromatic rings. The van der Waals surface area contributed by atoms with Crippen molar-refractivity contribution >= 4 is 0 Å². The van der Waals surface area contributed by atoms with Gasteiger partial charge in [-0.25, -0.2) is 0 Å². The Kier molecular flexibility index (Phi) is 5.04. The topological polar surface area (TPSA) is 15.3 Å². The maximum atomic E-state index is 3.96. The lowest BCUT2D eigenvalue weighted by molar-refractivity contribution is 0.0676. The Morgan fingerprint density at radius 1 is 1.05 bits per heavy atom. The molecule has 20 heavy (non-hydrogen) atoms. The van der Waals surface area contributed by atoms with E-state index in [1.165, 1.54) is 90.3 Å². The largest absolute Gasteiger partial charge is 0.308 e. The van der Waals surface area contributed by atoms with Gasteiger partial charge in [-0.3, -0.25) is 4.90 Å². The highest BCUT2D eigenvalue weighted by atomic mass is 15.3. The van der Waals surface area contributed by atoms with Gasteiger partial charge in [-0.15, -0.1) is 0 Å². The molecule has 0 radical (unpaired) electrons. The number of piperazine rings is 1. The molecule has 3 aliphatic rings. The zero-order chi connectivity index (χ0) is 13.8. The van der Waals surface area contributed by atoms with Crippen molar-refractivity contribution in [2.75, 3.05) is 19.6 Å². The minimum Gasteiger partial charge on any atom is -0.308 e. The van der Waals surface area contributed by atoms with Gasteiger partial charge in [0.25, 0.3) is 0 Å². The first-order valence-electron chi connectivity index (χ1n) is 9.32. The first-order chi connectivity index (χ1) is 9.83. The van der Waals surface area contributed by atoms with Gasteiger partial charge in [-0.2, -0.15) is 0 Å². The number of nitrogens with one attached hydrogen (secondary N) is 1. The second kappa shape index (κ2) is 6.79. The van der Waals surface area contributed by atoms with Gasteiger partial charge in [0, 0.05) is 24.7 Å². The van der Waals surface area contributed by atoms with Crippen LogP contribution in [-0.4, -0.2) is 36.1 Å². The first kappa shape index (κ1) is 14.8. The van der Waals surface area contributed by atoms with Crippen LogP contribution in [0.25, 0.3) is 0 Å². The summed E-state index contributed by atoms with van der Waals surface area (Å²) in [6.07, 6.45) is 15.9. The molecule has 1 heterocycles. The van der Waals surface area contributed by atoms with E-state index in [4.69, 9.17) is 0 Å². The quantitative estimate of drug-likeness (QED) is 0.709. The summed E-state index contributed by atoms with van der Waals surface area (Å²) in [7, 11) is 0. The van der Waals surface area contributed by atoms with Crippen LogP contribution in [0.3, 0.4) is 0 Å². The number of unbranched alkanes of at least 4 members (excludes halogenated alkanes) is 4. The minimum atomic E-state index is 0.509. The van der Waals surface area contributed by atoms with Crippen LogP contribution in [-0.2, 0) is 0 Å². The summed E-state index contributed by atoms with van der Waals surface area (Å²) < 4.78 is 0. The van der Waals surface area contributed by atoms with Crippen LogP contribution >= 0.6 is 0 Å². The van der Waals surface area contributed by atoms with Crippen molar-refractivity contribution < 1.29 is 0 Å². The van der Waals surface area contributed by atoms with Gasteiger partial charge < -0.3 is 5.32 Å². The van der Waals surface area contributed by atoms with Crippen molar-refractivity contribution in [3.63, 3.8) is 0 Å². The van der Waals surface area contributed by atoms with Crippen LogP contribution in [0.5, 0.6) is 0 Å². The van der Waals surface area contributed by atoms with Gasteiger partial charge in [0.2, 0.25) is 0 Å². The first-order valence-corrected chi connectivity index (χ1v) is 9.32. The molecule has 0 amide bonds. The second-order valence-corrected chi connectivity index (χ2v) is 7.66. The summed E-state index contributed by atoms with van der Waals surface area (Å²) >= 11 is 0. The number of rotatable bonds is 7. The van der Waals surface area contributed by atoms with Gasteiger partial charge in [0.05, 0.1) is 0 Å². The molecule has 2 nitrogen and oxygen atoms in total. The fourth-order valence-corrected chi connectivity index (χ4v) is 4.51. The Morgan fingerprint density at radius 2 is 1.80 bits per heavy atom. The highest BCUT2D eigenvalue weighted by Crippen LogP contribution is 2.40. The SMILES string of the molecule is CCCCCCCN1CC2(CCCC2)NCC1C1CC1. The van der Waals surface area contributed by atoms with Crippen LogP contribution in [0, 0.1) is 5.92 Å². The lowest BCUT2D eigenvalue weighted by atomic mass is 9.91. The molecule has 3 rings (SSSR count). The predicted molar refractivity (Wildman–Crippen MR) is 86.0 cm³/mol. The van der Waals surface area contributed by atoms with Gasteiger partial charge in [-0.1, -0.05) is 45.4 Å². The summed E-state index contributed by atoms with van der Waals surface area (Å²) in [6, 6.07) is 0.868. The Balaban J connectivity index is 1.49. The van der Waals surface area contributed by atoms with Crippen LogP contribution in [0.1, 0.15) is 77.6 Å². The maximum Gasteiger partial charge on any atom is 0.0309 e. The molecule has 116 valence electrons. The summed E-state index contributed by atoms with van der Waals surface area (Å²) in [5, 5.41) is 3.96. The fraction of sp³-hybridized carbons (Fsp3) is 1.00. The van der Waals surface area contributed by atoms with E-state index in [1.807, 2.05) is 0 Å². The summed E-state index contributed by atoms with van der Waals surface area (Å²) in [6.45, 7) is 6.30. The molecule has 2 saturated carbocycles. The van der Waals surface area contributed by atoms with Crippen LogP contribution in [0.15, 0.2) is 0 Å². The third-order valence-corrected chi connectivity index (χ3v) is 5.94. The predicted octanol–water partition coefficient (Wildman–Crippen LogP) is 3.95. The molecule has 1 N–H and O–H groups in total. The van der Waals surface area contributed by atoms with E-state index < -0.39 is 0 Å². The molecular weight excluding hydrogens is 244 g/mol. The minimum absolute atomic E-state index is 0.509. The summed E-state index contributed by atoms with van der Waals surface area (Å²) in [5.41, 5.74) is 0.509. The zero-order valence-corrected chi connectivity index (χ0v) is 13.5. The normalized spacial score (nSPS) is 30.1. The molecule has 1 aliphatic heterocycles. The Morgan fingerprint density at radius 3 is 2.50 bits per heavy atom. The standard InChI is InChI=1S/C18H34N2/c1-2-3-4-5-8-13-20-15-18(11-6-7-12-18)19-14-17(20)16-9-10-16/h16-17,19H,2-15H2,1H3. The molecule has 0 aromatic heterocycles. The molecule has 1 atom stereocenters. The number of hydrogen-bond acceptors (Lipinski definition) is 2. The maximum absolute atomic E-state index is 3.96. The van der Waals surface area contributed by atoms with Crippen LogP contribution in [0.4, 0.5) is 0 Å². The van der Waals surface area contributed by atoms with Crippen molar-refractivity contribution in [3.8, 4) is 0 Å². The Labute approximate surface area is 125 Å². The number of hydrogen-bond donors (Lipinski definition) is 1. The van der Waals surface area contributed by atoms with Gasteiger partial charge >= 0.3 is 0 Å². The van der Waals surface area contributed by atoms with E-state index in [0.717, 1.165) is 12.0 Å². The number of nitrogens with zero attached hydrogens (tertiary/aromatic N) is 1. The molecule has 1 unspecified atom stereocenters. The van der Waals surface area contributed by atoms with Gasteiger partial charge in [-0.05, 0) is 44.6 Å². The Bertz CT molecular complexity index is 292. The molecule has 0 bridgehead atoms. The zero-order valence-electron chi connectivity index (χ0n) is 13.5. The average Bonchev–Trinajstić information content (AvgIpc) is 3.20. The molecule has 1 saturated heterocycles.